The van der Waals surface area contributed by atoms with E-state index in [0.717, 1.165) is 89.6 Å². The maximum absolute atomic E-state index is 7.38. The Balaban J connectivity index is 1.04. The first-order valence-corrected chi connectivity index (χ1v) is 26.5. The third-order valence-corrected chi connectivity index (χ3v) is 18.3. The lowest BCUT2D eigenvalue weighted by atomic mass is 9.50. The molecule has 2 heterocycles. The number of ether oxygens (including phenoxy) is 1. The Hall–Kier alpha value is -8.92. The lowest BCUT2D eigenvalue weighted by Gasteiger charge is -2.52. The van der Waals surface area contributed by atoms with Crippen molar-refractivity contribution in [2.24, 2.45) is 11.3 Å². The van der Waals surface area contributed by atoms with E-state index in [-0.39, 0.29) is 16.7 Å². The predicted molar refractivity (Wildman–Crippen MR) is 308 cm³/mol. The van der Waals surface area contributed by atoms with Crippen LogP contribution in [0.3, 0.4) is 0 Å². The Bertz CT molecular complexity index is 4290. The number of nitrogens with zero attached hydrogens (tertiary/aromatic N) is 1. The van der Waals surface area contributed by atoms with Crippen molar-refractivity contribution in [1.29, 1.82) is 0 Å². The molecule has 75 heavy (non-hydrogen) atoms. The van der Waals surface area contributed by atoms with E-state index in [4.69, 9.17) is 9.15 Å². The van der Waals surface area contributed by atoms with Crippen molar-refractivity contribution in [1.82, 2.24) is 0 Å². The van der Waals surface area contributed by atoms with E-state index >= 15 is 0 Å². The first-order chi connectivity index (χ1) is 36.9. The summed E-state index contributed by atoms with van der Waals surface area (Å²) in [4.78, 5) is 2.58. The highest BCUT2D eigenvalue weighted by Gasteiger charge is 2.64. The molecular formula is C72H51NO2. The van der Waals surface area contributed by atoms with Crippen LogP contribution in [0.5, 0.6) is 11.5 Å². The average molecular weight is 962 g/mol. The number of benzene rings is 10. The molecule has 10 aromatic carbocycles. The van der Waals surface area contributed by atoms with E-state index in [2.05, 4.69) is 274 Å². The summed E-state index contributed by atoms with van der Waals surface area (Å²) in [6.45, 7) is 4.97. The number of furan rings is 1. The molecule has 0 radical (unpaired) electrons. The number of para-hydroxylation sites is 1. The van der Waals surface area contributed by atoms with E-state index in [1.54, 1.807) is 0 Å². The molecule has 16 rings (SSSR count). The molecule has 4 unspecified atom stereocenters. The van der Waals surface area contributed by atoms with Crippen molar-refractivity contribution in [3.05, 3.63) is 294 Å². The van der Waals surface area contributed by atoms with Crippen LogP contribution in [-0.2, 0) is 16.2 Å². The van der Waals surface area contributed by atoms with Crippen LogP contribution < -0.4 is 9.64 Å². The Labute approximate surface area is 436 Å². The molecule has 0 saturated heterocycles. The molecule has 4 atom stereocenters. The number of allylic oxidation sites excluding steroid dienone is 8. The molecule has 0 fully saturated rings. The van der Waals surface area contributed by atoms with Crippen LogP contribution in [-0.4, -0.2) is 0 Å². The predicted octanol–water partition coefficient (Wildman–Crippen LogP) is 18.7. The fourth-order valence-corrected chi connectivity index (χ4v) is 15.2. The van der Waals surface area contributed by atoms with Crippen LogP contribution in [0.1, 0.15) is 59.2 Å². The number of fused-ring (bicyclic) bond motifs is 19. The fourth-order valence-electron chi connectivity index (χ4n) is 15.2. The molecule has 0 bridgehead atoms. The zero-order valence-electron chi connectivity index (χ0n) is 41.8. The maximum atomic E-state index is 7.38. The molecule has 1 aromatic heterocycles. The molecule has 0 saturated carbocycles. The first-order valence-electron chi connectivity index (χ1n) is 26.5. The molecule has 3 heteroatoms. The summed E-state index contributed by atoms with van der Waals surface area (Å²) < 4.78 is 14.2. The van der Waals surface area contributed by atoms with Crippen LogP contribution in [0.2, 0.25) is 0 Å². The lowest BCUT2D eigenvalue weighted by molar-refractivity contribution is 0.170. The first kappa shape index (κ1) is 42.6. The van der Waals surface area contributed by atoms with Crippen LogP contribution in [0.4, 0.5) is 17.1 Å². The molecular weight excluding hydrogens is 911 g/mol. The quantitative estimate of drug-likeness (QED) is 0.172. The van der Waals surface area contributed by atoms with Gasteiger partial charge >= 0.3 is 0 Å². The summed E-state index contributed by atoms with van der Waals surface area (Å²) in [6.07, 6.45) is 19.8. The van der Waals surface area contributed by atoms with Crippen LogP contribution in [0.25, 0.3) is 54.6 Å². The molecule has 4 aliphatic carbocycles. The summed E-state index contributed by atoms with van der Waals surface area (Å²) in [5.74, 6) is 1.96. The fraction of sp³-hybridized carbons (Fsp3) is 0.111. The third-order valence-electron chi connectivity index (χ3n) is 18.3. The molecule has 5 aliphatic rings. The van der Waals surface area contributed by atoms with E-state index in [1.807, 2.05) is 0 Å². The zero-order chi connectivity index (χ0) is 49.7. The van der Waals surface area contributed by atoms with Gasteiger partial charge in [0.25, 0.3) is 0 Å². The van der Waals surface area contributed by atoms with Gasteiger partial charge < -0.3 is 14.1 Å². The van der Waals surface area contributed by atoms with Gasteiger partial charge in [0.15, 0.2) is 0 Å². The van der Waals surface area contributed by atoms with Gasteiger partial charge in [0.2, 0.25) is 0 Å². The van der Waals surface area contributed by atoms with Crippen molar-refractivity contribution in [3.8, 4) is 22.6 Å². The van der Waals surface area contributed by atoms with Gasteiger partial charge in [-0.2, -0.15) is 0 Å². The Morgan fingerprint density at radius 3 is 1.89 bits per heavy atom. The summed E-state index contributed by atoms with van der Waals surface area (Å²) in [7, 11) is 0. The number of hydrogen-bond acceptors (Lipinski definition) is 3. The van der Waals surface area contributed by atoms with Gasteiger partial charge in [-0.1, -0.05) is 232 Å². The summed E-state index contributed by atoms with van der Waals surface area (Å²) >= 11 is 0. The number of hydrogen-bond donors (Lipinski definition) is 0. The Morgan fingerprint density at radius 1 is 0.480 bits per heavy atom. The monoisotopic (exact) mass is 961 g/mol. The van der Waals surface area contributed by atoms with Crippen LogP contribution in [0.15, 0.2) is 259 Å². The number of anilines is 3. The molecule has 0 N–H and O–H groups in total. The van der Waals surface area contributed by atoms with Crippen molar-refractivity contribution >= 4 is 60.5 Å². The minimum Gasteiger partial charge on any atom is -0.456 e. The van der Waals surface area contributed by atoms with E-state index in [1.165, 1.54) is 38.9 Å². The highest BCUT2D eigenvalue weighted by atomic mass is 16.5. The third kappa shape index (κ3) is 5.40. The lowest BCUT2D eigenvalue weighted by Crippen LogP contribution is -2.50. The normalized spacial score (nSPS) is 22.0. The summed E-state index contributed by atoms with van der Waals surface area (Å²) in [5, 5.41) is 6.68. The molecule has 1 aliphatic heterocycles. The highest BCUT2D eigenvalue weighted by Crippen LogP contribution is 2.69. The highest BCUT2D eigenvalue weighted by molar-refractivity contribution is 6.14. The second kappa shape index (κ2) is 15.3. The van der Waals surface area contributed by atoms with Crippen molar-refractivity contribution in [2.75, 3.05) is 4.90 Å². The van der Waals surface area contributed by atoms with Gasteiger partial charge in [-0.3, -0.25) is 0 Å². The second-order valence-corrected chi connectivity index (χ2v) is 21.8. The van der Waals surface area contributed by atoms with Gasteiger partial charge in [0.05, 0.1) is 22.2 Å². The SMILES string of the molecule is CC12C=CC=CC1C(c1ccccc1)(C1(C)C=CC=CC1)c1cc(N(c3cccc4c3-c3ccccc3C43c4ccc5ccccc5c4Oc4c3ccc3ccccc43)c3cccc4oc5ccccc5c34)ccc12. The van der Waals surface area contributed by atoms with Crippen molar-refractivity contribution in [2.45, 2.75) is 36.5 Å². The molecule has 0 amide bonds. The topological polar surface area (TPSA) is 25.6 Å². The minimum absolute atomic E-state index is 0.145. The van der Waals surface area contributed by atoms with Gasteiger partial charge in [0, 0.05) is 60.7 Å². The Morgan fingerprint density at radius 2 is 1.12 bits per heavy atom. The zero-order valence-corrected chi connectivity index (χ0v) is 41.8. The molecule has 11 aromatic rings. The van der Waals surface area contributed by atoms with E-state index in [9.17, 15) is 0 Å². The van der Waals surface area contributed by atoms with Gasteiger partial charge in [-0.05, 0) is 87.0 Å². The van der Waals surface area contributed by atoms with Gasteiger partial charge in [-0.25, -0.2) is 0 Å². The van der Waals surface area contributed by atoms with Crippen LogP contribution in [0, 0.1) is 11.3 Å². The maximum Gasteiger partial charge on any atom is 0.140 e. The van der Waals surface area contributed by atoms with E-state index in [0.29, 0.717) is 0 Å². The largest absolute Gasteiger partial charge is 0.456 e. The van der Waals surface area contributed by atoms with Gasteiger partial charge in [0.1, 0.15) is 22.7 Å². The molecule has 3 nitrogen and oxygen atoms in total. The second-order valence-electron chi connectivity index (χ2n) is 21.8. The molecule has 1 spiro atoms. The minimum atomic E-state index is -0.724. The summed E-state index contributed by atoms with van der Waals surface area (Å²) in [5.41, 5.74) is 14.5. The van der Waals surface area contributed by atoms with Crippen molar-refractivity contribution < 1.29 is 9.15 Å². The Kier molecular flexibility index (Phi) is 8.70. The molecule has 356 valence electrons. The number of rotatable bonds is 5. The van der Waals surface area contributed by atoms with Gasteiger partial charge in [-0.15, -0.1) is 0 Å². The smallest absolute Gasteiger partial charge is 0.140 e. The standard InChI is InChI=1S/C72H51NO2/c1-69(42-16-4-17-43-69)72(48-23-5-3-6-24-48)59-45-49(38-41-55(59)70(2)44-18-15-35-64(70)72)73(61-32-20-34-63-66(61)53-28-12-14-33-62(53)74-63)60-31-19-30-56-65(60)52-27-11-13-29-54(52)71(56)57-39-36-46-21-7-9-25-50(46)67(57)75-68-51-26-10-8-22-47(51)37-40-58(68)71/h3-42,44-45,64H,43H2,1-2H3. The average Bonchev–Trinajstić information content (AvgIpc) is 4.29. The van der Waals surface area contributed by atoms with Crippen molar-refractivity contribution in [3.63, 3.8) is 0 Å². The van der Waals surface area contributed by atoms with E-state index < -0.39 is 10.8 Å². The van der Waals surface area contributed by atoms with Crippen LogP contribution >= 0.6 is 0 Å². The summed E-state index contributed by atoms with van der Waals surface area (Å²) in [6, 6.07) is 76.8.